The predicted molar refractivity (Wildman–Crippen MR) is 69.8 cm³/mol. The molecule has 0 aromatic heterocycles. The Balaban J connectivity index is 2.07. The van der Waals surface area contributed by atoms with Crippen LogP contribution in [0.25, 0.3) is 0 Å². The third kappa shape index (κ3) is 3.13. The zero-order valence-electron chi connectivity index (χ0n) is 10.7. The number of likely N-dealkylation sites (tertiary alicyclic amines) is 1. The second-order valence-electron chi connectivity index (χ2n) is 4.95. The summed E-state index contributed by atoms with van der Waals surface area (Å²) in [5.74, 6) is -1.03. The Kier molecular flexibility index (Phi) is 3.87. The van der Waals surface area contributed by atoms with Crippen LogP contribution in [-0.2, 0) is 0 Å². The Hall–Kier alpha value is -1.85. The highest BCUT2D eigenvalue weighted by atomic mass is 19.1. The first kappa shape index (κ1) is 13.6. The van der Waals surface area contributed by atoms with Gasteiger partial charge < -0.3 is 16.0 Å². The summed E-state index contributed by atoms with van der Waals surface area (Å²) >= 11 is 0. The van der Waals surface area contributed by atoms with Crippen molar-refractivity contribution in [2.45, 2.75) is 19.8 Å². The van der Waals surface area contributed by atoms with Crippen LogP contribution in [0.3, 0.4) is 0 Å². The van der Waals surface area contributed by atoms with Crippen molar-refractivity contribution in [1.82, 2.24) is 4.90 Å². The van der Waals surface area contributed by atoms with Crippen LogP contribution in [0, 0.1) is 17.6 Å². The second kappa shape index (κ2) is 5.42. The monoisotopic (exact) mass is 269 g/mol. The second-order valence-corrected chi connectivity index (χ2v) is 4.95. The number of rotatable bonds is 1. The third-order valence-corrected chi connectivity index (χ3v) is 3.39. The van der Waals surface area contributed by atoms with Gasteiger partial charge in [-0.15, -0.1) is 0 Å². The maximum atomic E-state index is 13.5. The molecule has 2 rings (SSSR count). The number of piperidine rings is 1. The van der Waals surface area contributed by atoms with E-state index >= 15 is 0 Å². The van der Waals surface area contributed by atoms with Gasteiger partial charge in [0.05, 0.1) is 5.69 Å². The Bertz CT molecular complexity index is 462. The van der Waals surface area contributed by atoms with Gasteiger partial charge in [-0.1, -0.05) is 6.92 Å². The smallest absolute Gasteiger partial charge is 0.321 e. The van der Waals surface area contributed by atoms with E-state index in [0.717, 1.165) is 18.9 Å². The van der Waals surface area contributed by atoms with Crippen LogP contribution in [0.2, 0.25) is 0 Å². The number of benzene rings is 1. The average Bonchev–Trinajstić information content (AvgIpc) is 2.34. The lowest BCUT2D eigenvalue weighted by Crippen LogP contribution is -2.40. The van der Waals surface area contributed by atoms with Gasteiger partial charge in [0.15, 0.2) is 5.82 Å². The summed E-state index contributed by atoms with van der Waals surface area (Å²) < 4.78 is 26.4. The lowest BCUT2D eigenvalue weighted by atomic mass is 10.00. The number of carbonyl (C=O) groups is 1. The van der Waals surface area contributed by atoms with E-state index in [1.54, 1.807) is 4.90 Å². The minimum Gasteiger partial charge on any atom is -0.397 e. The van der Waals surface area contributed by atoms with Crippen molar-refractivity contribution in [2.24, 2.45) is 5.92 Å². The molecule has 1 aromatic carbocycles. The van der Waals surface area contributed by atoms with E-state index in [-0.39, 0.29) is 11.4 Å². The lowest BCUT2D eigenvalue weighted by Gasteiger charge is -2.30. The van der Waals surface area contributed by atoms with Crippen molar-refractivity contribution in [2.75, 3.05) is 24.1 Å². The number of urea groups is 1. The number of hydrogen-bond donors (Lipinski definition) is 2. The summed E-state index contributed by atoms with van der Waals surface area (Å²) in [5, 5.41) is 2.41. The van der Waals surface area contributed by atoms with Gasteiger partial charge in [-0.3, -0.25) is 0 Å². The average molecular weight is 269 g/mol. The van der Waals surface area contributed by atoms with Gasteiger partial charge in [0.1, 0.15) is 11.5 Å². The molecule has 1 aliphatic rings. The molecular weight excluding hydrogens is 252 g/mol. The Labute approximate surface area is 110 Å². The third-order valence-electron chi connectivity index (χ3n) is 3.39. The molecule has 1 saturated heterocycles. The number of amides is 2. The quantitative estimate of drug-likeness (QED) is 0.770. The molecular formula is C13H17F2N3O. The maximum absolute atomic E-state index is 13.5. The summed E-state index contributed by atoms with van der Waals surface area (Å²) in [6, 6.07) is 1.28. The normalized spacial score (nSPS) is 16.5. The molecule has 1 aromatic rings. The van der Waals surface area contributed by atoms with Crippen LogP contribution in [0.5, 0.6) is 0 Å². The zero-order valence-corrected chi connectivity index (χ0v) is 10.7. The molecule has 104 valence electrons. The molecule has 1 fully saturated rings. The highest BCUT2D eigenvalue weighted by molar-refractivity contribution is 5.92. The molecule has 19 heavy (non-hydrogen) atoms. The highest BCUT2D eigenvalue weighted by Gasteiger charge is 2.22. The number of anilines is 2. The molecule has 4 nitrogen and oxygen atoms in total. The van der Waals surface area contributed by atoms with Gasteiger partial charge in [-0.25, -0.2) is 13.6 Å². The predicted octanol–water partition coefficient (Wildman–Crippen LogP) is 2.81. The van der Waals surface area contributed by atoms with Crippen molar-refractivity contribution in [3.8, 4) is 0 Å². The molecule has 1 aliphatic heterocycles. The Morgan fingerprint density at radius 2 is 2.00 bits per heavy atom. The molecule has 0 atom stereocenters. The molecule has 1 heterocycles. The van der Waals surface area contributed by atoms with Gasteiger partial charge in [0.25, 0.3) is 0 Å². The molecule has 3 N–H and O–H groups in total. The minimum absolute atomic E-state index is 0.115. The molecule has 0 saturated carbocycles. The van der Waals surface area contributed by atoms with Crippen molar-refractivity contribution in [3.05, 3.63) is 23.8 Å². The molecule has 6 heteroatoms. The fourth-order valence-corrected chi connectivity index (χ4v) is 2.12. The standard InChI is InChI=1S/C13H17F2N3O/c1-8-2-4-18(5-3-8)13(19)17-12-10(15)6-9(14)7-11(12)16/h6-8H,2-5,16H2,1H3,(H,17,19). The maximum Gasteiger partial charge on any atom is 0.321 e. The topological polar surface area (TPSA) is 58.4 Å². The first-order valence-corrected chi connectivity index (χ1v) is 6.28. The van der Waals surface area contributed by atoms with E-state index < -0.39 is 17.7 Å². The van der Waals surface area contributed by atoms with Crippen molar-refractivity contribution >= 4 is 17.4 Å². The van der Waals surface area contributed by atoms with Crippen molar-refractivity contribution in [1.29, 1.82) is 0 Å². The van der Waals surface area contributed by atoms with Crippen molar-refractivity contribution < 1.29 is 13.6 Å². The number of carbonyl (C=O) groups excluding carboxylic acids is 1. The first-order valence-electron chi connectivity index (χ1n) is 6.28. The number of nitrogen functional groups attached to an aromatic ring is 1. The number of nitrogens with zero attached hydrogens (tertiary/aromatic N) is 1. The zero-order chi connectivity index (χ0) is 14.0. The summed E-state index contributed by atoms with van der Waals surface area (Å²) in [6.07, 6.45) is 1.85. The van der Waals surface area contributed by atoms with Crippen LogP contribution in [0.15, 0.2) is 12.1 Å². The Morgan fingerprint density at radius 1 is 1.37 bits per heavy atom. The molecule has 2 amide bonds. The molecule has 0 radical (unpaired) electrons. The minimum atomic E-state index is -0.865. The van der Waals surface area contributed by atoms with E-state index in [4.69, 9.17) is 5.73 Å². The number of halogens is 2. The fraction of sp³-hybridized carbons (Fsp3) is 0.462. The number of nitrogens with one attached hydrogen (secondary N) is 1. The van der Waals surface area contributed by atoms with Gasteiger partial charge in [-0.05, 0) is 24.8 Å². The Morgan fingerprint density at radius 3 is 2.58 bits per heavy atom. The van der Waals surface area contributed by atoms with Gasteiger partial charge in [0, 0.05) is 19.2 Å². The first-order chi connectivity index (χ1) is 8.97. The molecule has 0 bridgehead atoms. The van der Waals surface area contributed by atoms with Crippen LogP contribution in [-0.4, -0.2) is 24.0 Å². The molecule has 0 aliphatic carbocycles. The van der Waals surface area contributed by atoms with E-state index in [2.05, 4.69) is 12.2 Å². The molecule has 0 unspecified atom stereocenters. The summed E-state index contributed by atoms with van der Waals surface area (Å²) in [4.78, 5) is 13.6. The highest BCUT2D eigenvalue weighted by Crippen LogP contribution is 2.25. The fourth-order valence-electron chi connectivity index (χ4n) is 2.12. The summed E-state index contributed by atoms with van der Waals surface area (Å²) in [5.41, 5.74) is 5.23. The van der Waals surface area contributed by atoms with Crippen LogP contribution < -0.4 is 11.1 Å². The summed E-state index contributed by atoms with van der Waals surface area (Å²) in [6.45, 7) is 3.40. The molecule has 0 spiro atoms. The van der Waals surface area contributed by atoms with Crippen LogP contribution in [0.4, 0.5) is 25.0 Å². The lowest BCUT2D eigenvalue weighted by molar-refractivity contribution is 0.186. The van der Waals surface area contributed by atoms with E-state index in [1.165, 1.54) is 0 Å². The van der Waals surface area contributed by atoms with E-state index in [0.29, 0.717) is 25.1 Å². The number of nitrogens with two attached hydrogens (primary N) is 1. The van der Waals surface area contributed by atoms with Gasteiger partial charge in [-0.2, -0.15) is 0 Å². The van der Waals surface area contributed by atoms with Crippen molar-refractivity contribution in [3.63, 3.8) is 0 Å². The largest absolute Gasteiger partial charge is 0.397 e. The SMILES string of the molecule is CC1CCN(C(=O)Nc2c(N)cc(F)cc2F)CC1. The van der Waals surface area contributed by atoms with Gasteiger partial charge >= 0.3 is 6.03 Å². The van der Waals surface area contributed by atoms with E-state index in [9.17, 15) is 13.6 Å². The van der Waals surface area contributed by atoms with Crippen LogP contribution in [0.1, 0.15) is 19.8 Å². The van der Waals surface area contributed by atoms with E-state index in [1.807, 2.05) is 0 Å². The number of hydrogen-bond acceptors (Lipinski definition) is 2. The van der Waals surface area contributed by atoms with Crippen LogP contribution >= 0.6 is 0 Å². The van der Waals surface area contributed by atoms with Gasteiger partial charge in [0.2, 0.25) is 0 Å². The summed E-state index contributed by atoms with van der Waals surface area (Å²) in [7, 11) is 0.